The van der Waals surface area contributed by atoms with Gasteiger partial charge in [0.25, 0.3) is 0 Å². The molecule has 2 aliphatic rings. The molecular weight excluding hydrogens is 265 g/mol. The topological polar surface area (TPSA) is 21.3 Å². The number of halogens is 1. The van der Waals surface area contributed by atoms with Crippen LogP contribution >= 0.6 is 0 Å². The molecule has 0 heterocycles. The van der Waals surface area contributed by atoms with Crippen LogP contribution < -0.4 is 10.1 Å². The Labute approximate surface area is 127 Å². The van der Waals surface area contributed by atoms with E-state index in [9.17, 15) is 4.39 Å². The number of benzene rings is 1. The molecular formula is C18H26FNO. The smallest absolute Gasteiger partial charge is 0.131 e. The molecule has 1 aromatic carbocycles. The lowest BCUT2D eigenvalue weighted by molar-refractivity contribution is 0.403. The summed E-state index contributed by atoms with van der Waals surface area (Å²) in [5.74, 6) is 2.72. The first-order valence-corrected chi connectivity index (χ1v) is 8.33. The van der Waals surface area contributed by atoms with Crippen LogP contribution in [-0.4, -0.2) is 13.7 Å². The lowest BCUT2D eigenvalue weighted by Crippen LogP contribution is -2.26. The van der Waals surface area contributed by atoms with E-state index in [1.54, 1.807) is 7.11 Å². The Morgan fingerprint density at radius 3 is 2.57 bits per heavy atom. The maximum atomic E-state index is 14.5. The third-order valence-corrected chi connectivity index (χ3v) is 5.26. The van der Waals surface area contributed by atoms with Gasteiger partial charge in [-0.3, -0.25) is 0 Å². The number of ether oxygens (including phenoxy) is 1. The maximum Gasteiger partial charge on any atom is 0.131 e. The summed E-state index contributed by atoms with van der Waals surface area (Å²) >= 11 is 0. The average molecular weight is 291 g/mol. The van der Waals surface area contributed by atoms with E-state index >= 15 is 0 Å². The van der Waals surface area contributed by atoms with E-state index in [-0.39, 0.29) is 11.9 Å². The number of hydrogen-bond donors (Lipinski definition) is 1. The van der Waals surface area contributed by atoms with E-state index in [2.05, 4.69) is 12.2 Å². The van der Waals surface area contributed by atoms with Gasteiger partial charge in [0.2, 0.25) is 0 Å². The predicted octanol–water partition coefficient (Wildman–Crippen LogP) is 4.31. The van der Waals surface area contributed by atoms with Crippen LogP contribution in [0.5, 0.6) is 5.75 Å². The van der Waals surface area contributed by atoms with Crippen molar-refractivity contribution in [2.75, 3.05) is 13.7 Å². The van der Waals surface area contributed by atoms with Gasteiger partial charge >= 0.3 is 0 Å². The minimum atomic E-state index is -0.133. The zero-order valence-corrected chi connectivity index (χ0v) is 13.1. The average Bonchev–Trinajstić information content (AvgIpc) is 3.23. The minimum Gasteiger partial charge on any atom is -0.497 e. The Morgan fingerprint density at radius 2 is 2.00 bits per heavy atom. The van der Waals surface area contributed by atoms with Crippen molar-refractivity contribution in [3.05, 3.63) is 29.6 Å². The van der Waals surface area contributed by atoms with Gasteiger partial charge in [0, 0.05) is 17.7 Å². The Bertz CT molecular complexity index is 478. The van der Waals surface area contributed by atoms with E-state index in [0.717, 1.165) is 30.4 Å². The summed E-state index contributed by atoms with van der Waals surface area (Å²) in [6.45, 7) is 3.11. The van der Waals surface area contributed by atoms with E-state index in [1.165, 1.54) is 31.7 Å². The summed E-state index contributed by atoms with van der Waals surface area (Å²) in [6, 6.07) is 5.47. The highest BCUT2D eigenvalue weighted by molar-refractivity contribution is 5.32. The van der Waals surface area contributed by atoms with Crippen molar-refractivity contribution in [3.63, 3.8) is 0 Å². The van der Waals surface area contributed by atoms with Crippen LogP contribution in [0, 0.1) is 23.6 Å². The fraction of sp³-hybridized carbons (Fsp3) is 0.667. The van der Waals surface area contributed by atoms with E-state index < -0.39 is 0 Å². The third-order valence-electron chi connectivity index (χ3n) is 5.26. The molecule has 3 unspecified atom stereocenters. The monoisotopic (exact) mass is 291 g/mol. The first kappa shape index (κ1) is 14.8. The molecule has 2 fully saturated rings. The molecule has 0 aromatic heterocycles. The van der Waals surface area contributed by atoms with Crippen molar-refractivity contribution in [2.45, 2.75) is 45.1 Å². The molecule has 0 bridgehead atoms. The first-order valence-electron chi connectivity index (χ1n) is 8.33. The van der Waals surface area contributed by atoms with Gasteiger partial charge in [0.1, 0.15) is 11.6 Å². The molecule has 2 saturated carbocycles. The van der Waals surface area contributed by atoms with E-state index in [4.69, 9.17) is 4.74 Å². The molecule has 1 aromatic rings. The normalized spacial score (nSPS) is 28.8. The fourth-order valence-electron chi connectivity index (χ4n) is 4.18. The van der Waals surface area contributed by atoms with Crippen LogP contribution in [0.15, 0.2) is 18.2 Å². The lowest BCUT2D eigenvalue weighted by atomic mass is 9.98. The maximum absolute atomic E-state index is 14.5. The molecule has 3 rings (SSSR count). The van der Waals surface area contributed by atoms with Gasteiger partial charge in [-0.1, -0.05) is 25.8 Å². The zero-order valence-electron chi connectivity index (χ0n) is 13.1. The van der Waals surface area contributed by atoms with Gasteiger partial charge in [0.15, 0.2) is 0 Å². The van der Waals surface area contributed by atoms with Gasteiger partial charge < -0.3 is 10.1 Å². The Kier molecular flexibility index (Phi) is 4.48. The van der Waals surface area contributed by atoms with Gasteiger partial charge in [0.05, 0.1) is 7.11 Å². The summed E-state index contributed by atoms with van der Waals surface area (Å²) in [6.07, 6.45) is 6.44. The largest absolute Gasteiger partial charge is 0.497 e. The van der Waals surface area contributed by atoms with E-state index in [1.807, 2.05) is 12.1 Å². The molecule has 0 aliphatic heterocycles. The van der Waals surface area contributed by atoms with Crippen LogP contribution in [0.4, 0.5) is 4.39 Å². The number of nitrogens with one attached hydrogen (secondary N) is 1. The predicted molar refractivity (Wildman–Crippen MR) is 82.9 cm³/mol. The fourth-order valence-corrected chi connectivity index (χ4v) is 4.18. The van der Waals surface area contributed by atoms with Crippen LogP contribution in [0.25, 0.3) is 0 Å². The quantitative estimate of drug-likeness (QED) is 0.843. The van der Waals surface area contributed by atoms with Crippen molar-refractivity contribution in [3.8, 4) is 5.75 Å². The van der Waals surface area contributed by atoms with Crippen LogP contribution in [0.1, 0.15) is 50.6 Å². The lowest BCUT2D eigenvalue weighted by Gasteiger charge is -2.20. The summed E-state index contributed by atoms with van der Waals surface area (Å²) in [4.78, 5) is 0. The third kappa shape index (κ3) is 2.94. The highest BCUT2D eigenvalue weighted by Gasteiger charge is 2.54. The summed E-state index contributed by atoms with van der Waals surface area (Å²) < 4.78 is 19.6. The van der Waals surface area contributed by atoms with Gasteiger partial charge in [-0.05, 0) is 49.6 Å². The highest BCUT2D eigenvalue weighted by atomic mass is 19.1. The summed E-state index contributed by atoms with van der Waals surface area (Å²) in [5.41, 5.74) is 0.823. The first-order chi connectivity index (χ1) is 10.3. The van der Waals surface area contributed by atoms with Gasteiger partial charge in [-0.15, -0.1) is 0 Å². The van der Waals surface area contributed by atoms with Crippen molar-refractivity contribution >= 4 is 0 Å². The number of fused-ring (bicyclic) bond motifs is 1. The molecule has 0 radical (unpaired) electrons. The second-order valence-corrected chi connectivity index (χ2v) is 6.51. The number of hydrogen-bond acceptors (Lipinski definition) is 2. The van der Waals surface area contributed by atoms with Crippen molar-refractivity contribution < 1.29 is 9.13 Å². The number of rotatable bonds is 6. The molecule has 3 atom stereocenters. The minimum absolute atomic E-state index is 0.133. The molecule has 0 spiro atoms. The molecule has 2 nitrogen and oxygen atoms in total. The molecule has 0 saturated heterocycles. The zero-order chi connectivity index (χ0) is 14.8. The Hall–Kier alpha value is -1.09. The molecule has 2 aliphatic carbocycles. The standard InChI is InChI=1S/C18H26FNO/c1-3-10-20-18(17-13-6-4-5-7-14(13)17)15-9-8-12(21-2)11-16(15)19/h8-9,11,13-14,17-18,20H,3-7,10H2,1-2H3. The van der Waals surface area contributed by atoms with Crippen LogP contribution in [-0.2, 0) is 0 Å². The SMILES string of the molecule is CCCNC(c1ccc(OC)cc1F)C1C2CCCCC21. The van der Waals surface area contributed by atoms with Crippen LogP contribution in [0.3, 0.4) is 0 Å². The van der Waals surface area contributed by atoms with Crippen molar-refractivity contribution in [1.82, 2.24) is 5.32 Å². The summed E-state index contributed by atoms with van der Waals surface area (Å²) in [7, 11) is 1.58. The summed E-state index contributed by atoms with van der Waals surface area (Å²) in [5, 5.41) is 3.60. The molecule has 21 heavy (non-hydrogen) atoms. The second kappa shape index (κ2) is 6.35. The Morgan fingerprint density at radius 1 is 1.29 bits per heavy atom. The Balaban J connectivity index is 1.82. The van der Waals surface area contributed by atoms with Crippen molar-refractivity contribution in [1.29, 1.82) is 0 Å². The number of methoxy groups -OCH3 is 1. The molecule has 1 N–H and O–H groups in total. The van der Waals surface area contributed by atoms with Gasteiger partial charge in [-0.25, -0.2) is 4.39 Å². The highest BCUT2D eigenvalue weighted by Crippen LogP contribution is 2.60. The van der Waals surface area contributed by atoms with E-state index in [0.29, 0.717) is 11.7 Å². The molecule has 3 heteroatoms. The van der Waals surface area contributed by atoms with Gasteiger partial charge in [-0.2, -0.15) is 0 Å². The second-order valence-electron chi connectivity index (χ2n) is 6.51. The van der Waals surface area contributed by atoms with Crippen LogP contribution in [0.2, 0.25) is 0 Å². The molecule has 116 valence electrons. The van der Waals surface area contributed by atoms with Crippen molar-refractivity contribution in [2.24, 2.45) is 17.8 Å². The molecule has 0 amide bonds.